The molecular formula is C16H18N2OS. The van der Waals surface area contributed by atoms with Crippen molar-refractivity contribution in [3.05, 3.63) is 53.7 Å². The van der Waals surface area contributed by atoms with Crippen molar-refractivity contribution in [2.45, 2.75) is 29.2 Å². The fraction of sp³-hybridized carbons (Fsp3) is 0.312. The van der Waals surface area contributed by atoms with Gasteiger partial charge >= 0.3 is 0 Å². The second kappa shape index (κ2) is 5.85. The highest BCUT2D eigenvalue weighted by Gasteiger charge is 2.28. The monoisotopic (exact) mass is 286 g/mol. The maximum atomic E-state index is 6.46. The Kier molecular flexibility index (Phi) is 3.94. The first-order valence-electron chi connectivity index (χ1n) is 6.78. The zero-order valence-corrected chi connectivity index (χ0v) is 12.3. The fourth-order valence-electron chi connectivity index (χ4n) is 2.62. The molecule has 0 aliphatic heterocycles. The first-order chi connectivity index (χ1) is 9.78. The zero-order valence-electron chi connectivity index (χ0n) is 11.5. The van der Waals surface area contributed by atoms with Gasteiger partial charge < -0.3 is 10.5 Å². The minimum absolute atomic E-state index is 0.0286. The molecule has 2 N–H and O–H groups in total. The molecular weight excluding hydrogens is 268 g/mol. The van der Waals surface area contributed by atoms with E-state index >= 15 is 0 Å². The van der Waals surface area contributed by atoms with Crippen LogP contribution in [0.15, 0.2) is 47.6 Å². The molecule has 0 saturated heterocycles. The summed E-state index contributed by atoms with van der Waals surface area (Å²) in [5, 5.41) is 1.41. The second-order valence-electron chi connectivity index (χ2n) is 4.95. The van der Waals surface area contributed by atoms with E-state index in [1.165, 1.54) is 11.1 Å². The molecule has 0 saturated carbocycles. The summed E-state index contributed by atoms with van der Waals surface area (Å²) in [6.07, 6.45) is 3.98. The summed E-state index contributed by atoms with van der Waals surface area (Å²) in [7, 11) is 1.69. The van der Waals surface area contributed by atoms with Gasteiger partial charge in [0.25, 0.3) is 0 Å². The number of nitrogens with zero attached hydrogens (tertiary/aromatic N) is 1. The highest BCUT2D eigenvalue weighted by molar-refractivity contribution is 7.99. The Bertz CT molecular complexity index is 588. The van der Waals surface area contributed by atoms with Crippen LogP contribution in [-0.4, -0.2) is 17.3 Å². The third-order valence-electron chi connectivity index (χ3n) is 3.72. The molecule has 0 spiro atoms. The van der Waals surface area contributed by atoms with Gasteiger partial charge in [0.15, 0.2) is 0 Å². The molecule has 0 fully saturated rings. The van der Waals surface area contributed by atoms with Crippen molar-refractivity contribution in [1.82, 2.24) is 4.98 Å². The topological polar surface area (TPSA) is 48.1 Å². The van der Waals surface area contributed by atoms with Crippen molar-refractivity contribution in [3.63, 3.8) is 0 Å². The van der Waals surface area contributed by atoms with Crippen LogP contribution in [0, 0.1) is 0 Å². The van der Waals surface area contributed by atoms with Gasteiger partial charge in [-0.15, -0.1) is 11.8 Å². The number of methoxy groups -OCH3 is 1. The first kappa shape index (κ1) is 13.5. The van der Waals surface area contributed by atoms with Crippen LogP contribution in [0.2, 0.25) is 0 Å². The third-order valence-corrected chi connectivity index (χ3v) is 5.04. The molecule has 2 atom stereocenters. The van der Waals surface area contributed by atoms with E-state index in [-0.39, 0.29) is 6.04 Å². The molecule has 4 heteroatoms. The Labute approximate surface area is 123 Å². The lowest BCUT2D eigenvalue weighted by Crippen LogP contribution is -2.29. The van der Waals surface area contributed by atoms with E-state index in [1.807, 2.05) is 30.5 Å². The van der Waals surface area contributed by atoms with Gasteiger partial charge in [0.05, 0.1) is 12.1 Å². The van der Waals surface area contributed by atoms with E-state index in [1.54, 1.807) is 18.9 Å². The lowest BCUT2D eigenvalue weighted by Gasteiger charge is -2.30. The van der Waals surface area contributed by atoms with E-state index < -0.39 is 0 Å². The van der Waals surface area contributed by atoms with E-state index in [0.29, 0.717) is 5.25 Å². The molecule has 0 radical (unpaired) electrons. The standard InChI is InChI=1S/C16H18N2OS/c1-19-12-7-5-11-6-8-14(16(17)13(11)10-12)20-15-4-2-3-9-18-15/h2-5,7,9-10,14,16H,6,8,17H2,1H3. The fourth-order valence-corrected chi connectivity index (χ4v) is 3.74. The van der Waals surface area contributed by atoms with Gasteiger partial charge in [-0.25, -0.2) is 4.98 Å². The molecule has 104 valence electrons. The number of aromatic nitrogens is 1. The van der Waals surface area contributed by atoms with Crippen LogP contribution in [0.5, 0.6) is 5.75 Å². The molecule has 3 rings (SSSR count). The van der Waals surface area contributed by atoms with Gasteiger partial charge in [-0.1, -0.05) is 12.1 Å². The van der Waals surface area contributed by atoms with Crippen LogP contribution >= 0.6 is 11.8 Å². The molecule has 1 aliphatic rings. The summed E-state index contributed by atoms with van der Waals surface area (Å²) in [5.41, 5.74) is 9.01. The van der Waals surface area contributed by atoms with E-state index in [9.17, 15) is 0 Å². The highest BCUT2D eigenvalue weighted by Crippen LogP contribution is 2.39. The Balaban J connectivity index is 1.83. The average Bonchev–Trinajstić information content (AvgIpc) is 2.51. The van der Waals surface area contributed by atoms with E-state index in [4.69, 9.17) is 10.5 Å². The molecule has 1 heterocycles. The van der Waals surface area contributed by atoms with Gasteiger partial charge in [0, 0.05) is 17.5 Å². The highest BCUT2D eigenvalue weighted by atomic mass is 32.2. The predicted octanol–water partition coefficient (Wildman–Crippen LogP) is 3.20. The molecule has 0 amide bonds. The van der Waals surface area contributed by atoms with Crippen LogP contribution in [0.3, 0.4) is 0 Å². The largest absolute Gasteiger partial charge is 0.497 e. The number of benzene rings is 1. The lowest BCUT2D eigenvalue weighted by atomic mass is 9.87. The van der Waals surface area contributed by atoms with E-state index in [2.05, 4.69) is 17.1 Å². The van der Waals surface area contributed by atoms with Crippen molar-refractivity contribution in [2.24, 2.45) is 5.73 Å². The number of thioether (sulfide) groups is 1. The van der Waals surface area contributed by atoms with Crippen LogP contribution < -0.4 is 10.5 Å². The van der Waals surface area contributed by atoms with Crippen LogP contribution in [0.1, 0.15) is 23.6 Å². The Morgan fingerprint density at radius 2 is 2.20 bits per heavy atom. The summed E-state index contributed by atoms with van der Waals surface area (Å²) in [6, 6.07) is 12.2. The second-order valence-corrected chi connectivity index (χ2v) is 6.21. The Morgan fingerprint density at radius 3 is 2.95 bits per heavy atom. The summed E-state index contributed by atoms with van der Waals surface area (Å²) < 4.78 is 5.31. The van der Waals surface area contributed by atoms with Crippen LogP contribution in [-0.2, 0) is 6.42 Å². The molecule has 1 aromatic heterocycles. The van der Waals surface area contributed by atoms with Gasteiger partial charge in [0.1, 0.15) is 5.75 Å². The summed E-state index contributed by atoms with van der Waals surface area (Å²) in [6.45, 7) is 0. The summed E-state index contributed by atoms with van der Waals surface area (Å²) in [5.74, 6) is 0.877. The van der Waals surface area contributed by atoms with Crippen molar-refractivity contribution < 1.29 is 4.74 Å². The lowest BCUT2D eigenvalue weighted by molar-refractivity contribution is 0.412. The van der Waals surface area contributed by atoms with Crippen LogP contribution in [0.25, 0.3) is 0 Å². The minimum atomic E-state index is 0.0286. The van der Waals surface area contributed by atoms with Gasteiger partial charge in [-0.3, -0.25) is 0 Å². The number of ether oxygens (including phenoxy) is 1. The number of pyridine rings is 1. The first-order valence-corrected chi connectivity index (χ1v) is 7.66. The van der Waals surface area contributed by atoms with Gasteiger partial charge in [-0.05, 0) is 48.2 Å². The Morgan fingerprint density at radius 1 is 1.30 bits per heavy atom. The smallest absolute Gasteiger partial charge is 0.119 e. The maximum Gasteiger partial charge on any atom is 0.119 e. The van der Waals surface area contributed by atoms with Crippen LogP contribution in [0.4, 0.5) is 0 Å². The number of hydrogen-bond donors (Lipinski definition) is 1. The molecule has 2 unspecified atom stereocenters. The molecule has 2 aromatic rings. The van der Waals surface area contributed by atoms with Crippen molar-refractivity contribution >= 4 is 11.8 Å². The van der Waals surface area contributed by atoms with Crippen molar-refractivity contribution in [3.8, 4) is 5.75 Å². The zero-order chi connectivity index (χ0) is 13.9. The molecule has 1 aromatic carbocycles. The Hall–Kier alpha value is -1.52. The number of hydrogen-bond acceptors (Lipinski definition) is 4. The summed E-state index contributed by atoms with van der Waals surface area (Å²) in [4.78, 5) is 4.38. The minimum Gasteiger partial charge on any atom is -0.497 e. The molecule has 1 aliphatic carbocycles. The number of fused-ring (bicyclic) bond motifs is 1. The van der Waals surface area contributed by atoms with Gasteiger partial charge in [-0.2, -0.15) is 0 Å². The number of aryl methyl sites for hydroxylation is 1. The van der Waals surface area contributed by atoms with Crippen molar-refractivity contribution in [1.29, 1.82) is 0 Å². The van der Waals surface area contributed by atoms with E-state index in [0.717, 1.165) is 23.6 Å². The van der Waals surface area contributed by atoms with Crippen molar-refractivity contribution in [2.75, 3.05) is 7.11 Å². The quantitative estimate of drug-likeness (QED) is 0.941. The predicted molar refractivity (Wildman–Crippen MR) is 82.1 cm³/mol. The third kappa shape index (κ3) is 2.67. The molecule has 0 bridgehead atoms. The normalized spacial score (nSPS) is 21.3. The number of nitrogens with two attached hydrogens (primary N) is 1. The summed E-state index contributed by atoms with van der Waals surface area (Å²) >= 11 is 1.77. The SMILES string of the molecule is COc1ccc2c(c1)C(N)C(Sc1ccccn1)CC2. The number of rotatable bonds is 3. The molecule has 20 heavy (non-hydrogen) atoms. The maximum absolute atomic E-state index is 6.46. The average molecular weight is 286 g/mol. The van der Waals surface area contributed by atoms with Gasteiger partial charge in [0.2, 0.25) is 0 Å². The molecule has 3 nitrogen and oxygen atoms in total.